The number of carbonyl (C=O) groups is 1. The number of likely N-dealkylation sites (N-methyl/N-ethyl adjacent to an activating group) is 1. The third kappa shape index (κ3) is 6.98. The number of benzene rings is 1. The van der Waals surface area contributed by atoms with Gasteiger partial charge in [0.1, 0.15) is 0 Å². The van der Waals surface area contributed by atoms with Crippen molar-refractivity contribution in [3.63, 3.8) is 0 Å². The van der Waals surface area contributed by atoms with Gasteiger partial charge < -0.3 is 15.5 Å². The second-order valence-corrected chi connectivity index (χ2v) is 13.4. The molecule has 3 rings (SSSR count). The first-order valence-corrected chi connectivity index (χ1v) is 16.1. The van der Waals surface area contributed by atoms with E-state index in [0.717, 1.165) is 42.8 Å². The minimum atomic E-state index is -4.32. The molecule has 1 atom stereocenters. The van der Waals surface area contributed by atoms with Crippen LogP contribution in [-0.2, 0) is 20.3 Å². The van der Waals surface area contributed by atoms with Gasteiger partial charge in [0.2, 0.25) is 5.91 Å². The van der Waals surface area contributed by atoms with Gasteiger partial charge in [-0.05, 0) is 62.1 Å². The van der Waals surface area contributed by atoms with E-state index < -0.39 is 15.5 Å². The van der Waals surface area contributed by atoms with Crippen molar-refractivity contribution in [2.75, 3.05) is 18.0 Å². The fourth-order valence-corrected chi connectivity index (χ4v) is 6.59. The van der Waals surface area contributed by atoms with Crippen LogP contribution in [0.3, 0.4) is 0 Å². The molecule has 2 heterocycles. The summed E-state index contributed by atoms with van der Waals surface area (Å²) in [6, 6.07) is 5.01. The van der Waals surface area contributed by atoms with E-state index in [-0.39, 0.29) is 22.3 Å². The molecule has 1 saturated heterocycles. The molecule has 0 radical (unpaired) electrons. The molecule has 2 aliphatic rings. The van der Waals surface area contributed by atoms with Crippen LogP contribution in [0.4, 0.5) is 5.69 Å². The number of fused-ring (bicyclic) bond motifs is 1. The molecule has 0 aromatic heterocycles. The summed E-state index contributed by atoms with van der Waals surface area (Å²) in [5.74, 6) is -0.295. The molecule has 0 bridgehead atoms. The van der Waals surface area contributed by atoms with Crippen LogP contribution in [-0.4, -0.2) is 42.9 Å². The monoisotopic (exact) mass is 593 g/mol. The number of anilines is 1. The summed E-state index contributed by atoms with van der Waals surface area (Å²) < 4.78 is 33.4. The number of nitrogens with two attached hydrogens (primary N) is 1. The van der Waals surface area contributed by atoms with Gasteiger partial charge in [-0.3, -0.25) is 9.35 Å². The van der Waals surface area contributed by atoms with Gasteiger partial charge in [-0.1, -0.05) is 83.2 Å². The average Bonchev–Trinajstić information content (AvgIpc) is 3.24. The number of unbranched alkanes of at least 4 members (excludes halogenated alkanes) is 2. The Labute approximate surface area is 252 Å². The molecule has 0 aliphatic carbocycles. The Morgan fingerprint density at radius 2 is 1.74 bits per heavy atom. The Bertz CT molecular complexity index is 1440. The molecular weight excluding hydrogens is 546 g/mol. The maximum absolute atomic E-state index is 11.9. The third-order valence-corrected chi connectivity index (χ3v) is 9.39. The van der Waals surface area contributed by atoms with E-state index in [1.54, 1.807) is 12.1 Å². The Kier molecular flexibility index (Phi) is 10.5. The Balaban J connectivity index is 1.81. The summed E-state index contributed by atoms with van der Waals surface area (Å²) in [6.45, 7) is 18.8. The zero-order valence-electron chi connectivity index (χ0n) is 25.9. The number of amides is 1. The molecule has 7 nitrogen and oxygen atoms in total. The normalized spacial score (nSPS) is 22.1. The maximum atomic E-state index is 11.9. The van der Waals surface area contributed by atoms with E-state index in [1.807, 2.05) is 24.3 Å². The summed E-state index contributed by atoms with van der Waals surface area (Å²) >= 11 is 0. The van der Waals surface area contributed by atoms with Crippen molar-refractivity contribution in [2.24, 2.45) is 11.1 Å². The van der Waals surface area contributed by atoms with Crippen molar-refractivity contribution >= 4 is 21.7 Å². The number of allylic oxidation sites excluding steroid dienone is 9. The molecular formula is C34H47N3O4S. The standard InChI is InChI=1S/C34H47N3O4S/c1-8-28-25(3)33(4,5)30(36(28)9-2)18-14-11-10-12-15-19-31-34(6,7)27-24-26(42(39,40)41)21-22-29(27)37(31)23-17-13-16-20-32(35)38/h8,10-12,14-15,18-19,21-22,24,30H,3,9,13,16-17,20,23H2,1-2,4-7H3,(H2,35,38)(H,39,40,41). The van der Waals surface area contributed by atoms with Gasteiger partial charge in [0.15, 0.2) is 0 Å². The second-order valence-electron chi connectivity index (χ2n) is 12.0. The first-order chi connectivity index (χ1) is 19.7. The lowest BCUT2D eigenvalue weighted by Gasteiger charge is -2.30. The average molecular weight is 594 g/mol. The third-order valence-electron chi connectivity index (χ3n) is 8.54. The van der Waals surface area contributed by atoms with Gasteiger partial charge in [-0.25, -0.2) is 0 Å². The predicted molar refractivity (Wildman–Crippen MR) is 173 cm³/mol. The number of hydrogen-bond donors (Lipinski definition) is 2. The quantitative estimate of drug-likeness (QED) is 0.157. The van der Waals surface area contributed by atoms with Crippen LogP contribution in [0.2, 0.25) is 0 Å². The van der Waals surface area contributed by atoms with Crippen LogP contribution in [0.1, 0.15) is 72.8 Å². The van der Waals surface area contributed by atoms with Crippen LogP contribution in [0.5, 0.6) is 0 Å². The van der Waals surface area contributed by atoms with Crippen LogP contribution in [0, 0.1) is 5.41 Å². The van der Waals surface area contributed by atoms with Crippen molar-refractivity contribution in [3.8, 4) is 0 Å². The highest BCUT2D eigenvalue weighted by atomic mass is 32.2. The van der Waals surface area contributed by atoms with E-state index >= 15 is 0 Å². The van der Waals surface area contributed by atoms with Gasteiger partial charge in [0.05, 0.1) is 10.9 Å². The predicted octanol–water partition coefficient (Wildman–Crippen LogP) is 6.82. The van der Waals surface area contributed by atoms with Crippen molar-refractivity contribution < 1.29 is 17.8 Å². The fourth-order valence-electron chi connectivity index (χ4n) is 6.08. The van der Waals surface area contributed by atoms with Crippen LogP contribution >= 0.6 is 0 Å². The zero-order valence-corrected chi connectivity index (χ0v) is 26.7. The number of primary amides is 1. The molecule has 1 fully saturated rings. The first kappa shape index (κ1) is 33.1. The minimum Gasteiger partial charge on any atom is -0.370 e. The van der Waals surface area contributed by atoms with Crippen LogP contribution in [0.25, 0.3) is 0 Å². The number of likely N-dealkylation sites (tertiary alicyclic amines) is 1. The lowest BCUT2D eigenvalue weighted by Crippen LogP contribution is -2.34. The van der Waals surface area contributed by atoms with Gasteiger partial charge in [-0.2, -0.15) is 8.42 Å². The van der Waals surface area contributed by atoms with Crippen molar-refractivity contribution in [1.29, 1.82) is 0 Å². The fraction of sp³-hybridized carbons (Fsp3) is 0.441. The summed E-state index contributed by atoms with van der Waals surface area (Å²) in [4.78, 5) is 15.6. The molecule has 1 aromatic rings. The highest BCUT2D eigenvalue weighted by molar-refractivity contribution is 7.85. The van der Waals surface area contributed by atoms with E-state index in [9.17, 15) is 17.8 Å². The molecule has 0 saturated carbocycles. The maximum Gasteiger partial charge on any atom is 0.294 e. The molecule has 42 heavy (non-hydrogen) atoms. The summed E-state index contributed by atoms with van der Waals surface area (Å²) in [7, 11) is -4.32. The first-order valence-electron chi connectivity index (χ1n) is 14.7. The molecule has 228 valence electrons. The molecule has 1 aromatic carbocycles. The smallest absolute Gasteiger partial charge is 0.294 e. The van der Waals surface area contributed by atoms with Crippen molar-refractivity contribution in [1.82, 2.24) is 4.90 Å². The Morgan fingerprint density at radius 1 is 1.07 bits per heavy atom. The summed E-state index contributed by atoms with van der Waals surface area (Å²) in [5.41, 5.74) is 9.92. The zero-order chi connectivity index (χ0) is 31.3. The highest BCUT2D eigenvalue weighted by Gasteiger charge is 2.43. The van der Waals surface area contributed by atoms with E-state index in [1.165, 1.54) is 17.3 Å². The van der Waals surface area contributed by atoms with Gasteiger partial charge >= 0.3 is 0 Å². The minimum absolute atomic E-state index is 0.0515. The topological polar surface area (TPSA) is 104 Å². The molecule has 8 heteroatoms. The lowest BCUT2D eigenvalue weighted by atomic mass is 9.80. The summed E-state index contributed by atoms with van der Waals surface area (Å²) in [6.07, 6.45) is 19.3. The Morgan fingerprint density at radius 3 is 2.36 bits per heavy atom. The van der Waals surface area contributed by atoms with E-state index in [4.69, 9.17) is 5.73 Å². The molecule has 2 aliphatic heterocycles. The number of rotatable bonds is 12. The van der Waals surface area contributed by atoms with Gasteiger partial charge in [0, 0.05) is 47.4 Å². The molecule has 1 unspecified atom stereocenters. The number of carbonyl (C=O) groups excluding carboxylic acids is 1. The highest BCUT2D eigenvalue weighted by Crippen LogP contribution is 2.49. The van der Waals surface area contributed by atoms with Crippen molar-refractivity contribution in [2.45, 2.75) is 83.6 Å². The largest absolute Gasteiger partial charge is 0.370 e. The molecule has 1 amide bonds. The number of nitrogens with zero attached hydrogens (tertiary/aromatic N) is 2. The molecule has 0 spiro atoms. The van der Waals surface area contributed by atoms with Crippen molar-refractivity contribution in [3.05, 3.63) is 95.9 Å². The van der Waals surface area contributed by atoms with Gasteiger partial charge in [-0.15, -0.1) is 0 Å². The van der Waals surface area contributed by atoms with E-state index in [0.29, 0.717) is 13.0 Å². The van der Waals surface area contributed by atoms with E-state index in [2.05, 4.69) is 82.2 Å². The Hall–Kier alpha value is -3.36. The molecule has 3 N–H and O–H groups in total. The summed E-state index contributed by atoms with van der Waals surface area (Å²) in [5, 5.41) is 0. The lowest BCUT2D eigenvalue weighted by molar-refractivity contribution is -0.118. The SMILES string of the molecule is C=C1C(=CC)N(CC)C(C=CC=CC=CC=C2N(CCCCCC(N)=O)c3ccc(S(=O)(=O)O)cc3C2(C)C)C1(C)C. The van der Waals surface area contributed by atoms with Crippen LogP contribution < -0.4 is 10.6 Å². The second kappa shape index (κ2) is 13.3. The van der Waals surface area contributed by atoms with Gasteiger partial charge in [0.25, 0.3) is 10.1 Å². The number of hydrogen-bond acceptors (Lipinski definition) is 5. The van der Waals surface area contributed by atoms with Crippen LogP contribution in [0.15, 0.2) is 95.2 Å².